The lowest BCUT2D eigenvalue weighted by Gasteiger charge is -2.26. The Hall–Kier alpha value is -1.43. The molecule has 0 spiro atoms. The number of carbonyl (C=O) groups is 1. The molecule has 0 radical (unpaired) electrons. The Balaban J connectivity index is 3.63. The summed E-state index contributed by atoms with van der Waals surface area (Å²) in [4.78, 5) is 12.5. The Kier molecular flexibility index (Phi) is 48.0. The maximum absolute atomic E-state index is 12.5. The van der Waals surface area contributed by atoms with Crippen LogP contribution in [0, 0.1) is 0 Å². The molecule has 59 heavy (non-hydrogen) atoms. The normalized spacial score (nSPS) is 13.6. The molecule has 0 rings (SSSR count). The molecular formula is C54H103NO4. The number of carbonyl (C=O) groups excluding carboxylic acids is 1. The highest BCUT2D eigenvalue weighted by molar-refractivity contribution is 5.76. The molecule has 0 saturated carbocycles. The van der Waals surface area contributed by atoms with Crippen LogP contribution in [0.15, 0.2) is 36.5 Å². The first-order chi connectivity index (χ1) is 29.1. The van der Waals surface area contributed by atoms with E-state index in [0.29, 0.717) is 12.8 Å². The second kappa shape index (κ2) is 49.2. The van der Waals surface area contributed by atoms with Crippen molar-refractivity contribution in [1.82, 2.24) is 5.32 Å². The zero-order valence-corrected chi connectivity index (χ0v) is 39.6. The molecule has 5 heteroatoms. The number of rotatable bonds is 48. The first-order valence-electron chi connectivity index (χ1n) is 26.3. The van der Waals surface area contributed by atoms with Crippen LogP contribution in [0.4, 0.5) is 0 Å². The summed E-state index contributed by atoms with van der Waals surface area (Å²) >= 11 is 0. The van der Waals surface area contributed by atoms with Gasteiger partial charge in [0, 0.05) is 6.42 Å². The minimum Gasteiger partial charge on any atom is -0.394 e. The van der Waals surface area contributed by atoms with Crippen LogP contribution in [0.25, 0.3) is 0 Å². The van der Waals surface area contributed by atoms with Gasteiger partial charge in [-0.05, 0) is 77.0 Å². The number of hydrogen-bond donors (Lipinski definition) is 4. The predicted octanol–water partition coefficient (Wildman–Crippen LogP) is 15.9. The van der Waals surface area contributed by atoms with Gasteiger partial charge in [-0.2, -0.15) is 0 Å². The molecule has 1 amide bonds. The molecule has 0 aromatic carbocycles. The number of nitrogens with one attached hydrogen (secondary N) is 1. The van der Waals surface area contributed by atoms with Gasteiger partial charge in [0.05, 0.1) is 18.8 Å². The van der Waals surface area contributed by atoms with Gasteiger partial charge in [-0.15, -0.1) is 0 Å². The molecule has 0 aromatic rings. The third-order valence-corrected chi connectivity index (χ3v) is 12.2. The molecule has 0 fully saturated rings. The van der Waals surface area contributed by atoms with Crippen LogP contribution < -0.4 is 5.32 Å². The first kappa shape index (κ1) is 57.6. The number of allylic oxidation sites excluding steroid dienone is 6. The van der Waals surface area contributed by atoms with E-state index in [0.717, 1.165) is 44.9 Å². The molecular weight excluding hydrogens is 727 g/mol. The number of aliphatic hydroxyl groups is 3. The smallest absolute Gasteiger partial charge is 0.220 e. The van der Waals surface area contributed by atoms with Gasteiger partial charge in [0.25, 0.3) is 0 Å². The van der Waals surface area contributed by atoms with Crippen molar-refractivity contribution < 1.29 is 20.1 Å². The van der Waals surface area contributed by atoms with Gasteiger partial charge in [-0.3, -0.25) is 4.79 Å². The first-order valence-corrected chi connectivity index (χ1v) is 26.3. The van der Waals surface area contributed by atoms with Gasteiger partial charge in [-0.1, -0.05) is 230 Å². The summed E-state index contributed by atoms with van der Waals surface area (Å²) in [5.74, 6) is -0.160. The fourth-order valence-corrected chi connectivity index (χ4v) is 8.12. The van der Waals surface area contributed by atoms with E-state index in [2.05, 4.69) is 55.6 Å². The zero-order valence-electron chi connectivity index (χ0n) is 39.6. The lowest BCUT2D eigenvalue weighted by atomic mass is 10.0. The Bertz CT molecular complexity index is 916. The summed E-state index contributed by atoms with van der Waals surface area (Å²) in [7, 11) is 0. The minimum absolute atomic E-state index is 0.160. The SMILES string of the molecule is CCCCCCCCCCCCCC/C=C\CCCCCCCCCC(=O)NC(CO)C(O)C(O)CCC/C=C/CC/C=C/CCCCCCCCCCCCCCC. The van der Waals surface area contributed by atoms with E-state index in [1.165, 1.54) is 205 Å². The van der Waals surface area contributed by atoms with Crippen LogP contribution in [-0.2, 0) is 4.79 Å². The number of amides is 1. The molecule has 348 valence electrons. The maximum atomic E-state index is 12.5. The monoisotopic (exact) mass is 830 g/mol. The van der Waals surface area contributed by atoms with Gasteiger partial charge in [-0.25, -0.2) is 0 Å². The summed E-state index contributed by atoms with van der Waals surface area (Å²) in [6, 6.07) is -0.835. The second-order valence-corrected chi connectivity index (χ2v) is 18.1. The highest BCUT2D eigenvalue weighted by Gasteiger charge is 2.26. The van der Waals surface area contributed by atoms with Crippen molar-refractivity contribution in [1.29, 1.82) is 0 Å². The van der Waals surface area contributed by atoms with Crippen molar-refractivity contribution in [3.05, 3.63) is 36.5 Å². The fourth-order valence-electron chi connectivity index (χ4n) is 8.12. The van der Waals surface area contributed by atoms with E-state index < -0.39 is 18.2 Å². The molecule has 5 nitrogen and oxygen atoms in total. The third-order valence-electron chi connectivity index (χ3n) is 12.2. The van der Waals surface area contributed by atoms with Crippen molar-refractivity contribution in [2.24, 2.45) is 0 Å². The van der Waals surface area contributed by atoms with Gasteiger partial charge >= 0.3 is 0 Å². The van der Waals surface area contributed by atoms with Crippen LogP contribution in [0.1, 0.15) is 277 Å². The van der Waals surface area contributed by atoms with E-state index >= 15 is 0 Å². The van der Waals surface area contributed by atoms with Crippen LogP contribution in [0.5, 0.6) is 0 Å². The number of hydrogen-bond acceptors (Lipinski definition) is 4. The van der Waals surface area contributed by atoms with Gasteiger partial charge < -0.3 is 20.6 Å². The van der Waals surface area contributed by atoms with E-state index in [1.54, 1.807) is 0 Å². The molecule has 3 atom stereocenters. The van der Waals surface area contributed by atoms with E-state index in [9.17, 15) is 20.1 Å². The maximum Gasteiger partial charge on any atom is 0.220 e. The average molecular weight is 830 g/mol. The van der Waals surface area contributed by atoms with Crippen molar-refractivity contribution in [2.45, 2.75) is 295 Å². The molecule has 0 aliphatic carbocycles. The van der Waals surface area contributed by atoms with E-state index in [1.807, 2.05) is 0 Å². The quantitative estimate of drug-likeness (QED) is 0.0363. The molecule has 0 aromatic heterocycles. The lowest BCUT2D eigenvalue weighted by Crippen LogP contribution is -2.50. The highest BCUT2D eigenvalue weighted by atomic mass is 16.3. The summed E-state index contributed by atoms with van der Waals surface area (Å²) in [5.41, 5.74) is 0. The molecule has 0 aliphatic rings. The minimum atomic E-state index is -1.17. The Morgan fingerprint density at radius 2 is 0.695 bits per heavy atom. The van der Waals surface area contributed by atoms with Crippen molar-refractivity contribution in [3.8, 4) is 0 Å². The van der Waals surface area contributed by atoms with Crippen LogP contribution in [-0.4, -0.2) is 46.1 Å². The van der Waals surface area contributed by atoms with E-state index in [4.69, 9.17) is 0 Å². The molecule has 0 saturated heterocycles. The average Bonchev–Trinajstić information content (AvgIpc) is 3.24. The third kappa shape index (κ3) is 44.4. The predicted molar refractivity (Wildman–Crippen MR) is 259 cm³/mol. The molecule has 0 bridgehead atoms. The van der Waals surface area contributed by atoms with Crippen LogP contribution in [0.3, 0.4) is 0 Å². The van der Waals surface area contributed by atoms with Crippen LogP contribution >= 0.6 is 0 Å². The lowest BCUT2D eigenvalue weighted by molar-refractivity contribution is -0.124. The molecule has 3 unspecified atom stereocenters. The molecule has 0 heterocycles. The zero-order chi connectivity index (χ0) is 43.0. The summed E-state index contributed by atoms with van der Waals surface area (Å²) in [6.07, 6.45) is 62.8. The Labute approximate surface area is 368 Å². The van der Waals surface area contributed by atoms with Crippen LogP contribution in [0.2, 0.25) is 0 Å². The van der Waals surface area contributed by atoms with Crippen molar-refractivity contribution in [3.63, 3.8) is 0 Å². The van der Waals surface area contributed by atoms with E-state index in [-0.39, 0.29) is 12.5 Å². The largest absolute Gasteiger partial charge is 0.394 e. The van der Waals surface area contributed by atoms with Crippen molar-refractivity contribution in [2.75, 3.05) is 6.61 Å². The summed E-state index contributed by atoms with van der Waals surface area (Å²) < 4.78 is 0. The van der Waals surface area contributed by atoms with Gasteiger partial charge in [0.2, 0.25) is 5.91 Å². The molecule has 4 N–H and O–H groups in total. The summed E-state index contributed by atoms with van der Waals surface area (Å²) in [5, 5.41) is 33.7. The van der Waals surface area contributed by atoms with Gasteiger partial charge in [0.1, 0.15) is 6.10 Å². The van der Waals surface area contributed by atoms with Gasteiger partial charge in [0.15, 0.2) is 0 Å². The summed E-state index contributed by atoms with van der Waals surface area (Å²) in [6.45, 7) is 4.19. The Morgan fingerprint density at radius 1 is 0.407 bits per heavy atom. The highest BCUT2D eigenvalue weighted by Crippen LogP contribution is 2.16. The number of aliphatic hydroxyl groups excluding tert-OH is 3. The topological polar surface area (TPSA) is 89.8 Å². The molecule has 0 aliphatic heterocycles. The number of unbranched alkanes of at least 4 members (excludes halogenated alkanes) is 34. The van der Waals surface area contributed by atoms with Crippen molar-refractivity contribution >= 4 is 5.91 Å². The Morgan fingerprint density at radius 3 is 1.03 bits per heavy atom. The standard InChI is InChI=1S/C54H103NO4/c1-3-5-7-9-11-13-15-17-19-21-23-25-27-29-31-33-35-37-39-41-43-45-47-49-53(58)55-51(50-56)54(59)52(57)48-46-44-42-40-38-36-34-32-30-28-26-24-22-20-18-16-14-12-10-8-6-4-2/h29,31-32,34,40,42,51-52,54,56-57,59H,3-28,30,33,35-39,41,43-50H2,1-2H3,(H,55,58)/b31-29-,34-32+,42-40+. The fraction of sp³-hybridized carbons (Fsp3) is 0.870. The second-order valence-electron chi connectivity index (χ2n) is 18.1.